The molecule has 11 heteroatoms. The Balaban J connectivity index is 0.00000169. The largest absolute Gasteiger partial charge is 0.477 e. The molecule has 2 aliphatic heterocycles. The fourth-order valence-electron chi connectivity index (χ4n) is 2.64. The number of carbonyl (C=O) groups excluding carboxylic acids is 2. The number of carboxylic acid groups (broad SMARTS) is 1. The molecular weight excluding hydrogens is 386 g/mol. The topological polar surface area (TPSA) is 176 Å². The van der Waals surface area contributed by atoms with E-state index >= 15 is 0 Å². The van der Waals surface area contributed by atoms with Gasteiger partial charge in [0.15, 0.2) is 0 Å². The molecule has 1 aromatic rings. The molecule has 26 heavy (non-hydrogen) atoms. The zero-order chi connectivity index (χ0) is 17.4. The highest BCUT2D eigenvalue weighted by Gasteiger charge is 2.54. The molecule has 3 unspecified atom stereocenters. The second kappa shape index (κ2) is 8.52. The summed E-state index contributed by atoms with van der Waals surface area (Å²) in [5.74, 6) is -1.98. The molecule has 2 heterocycles. The summed E-state index contributed by atoms with van der Waals surface area (Å²) in [5.41, 5.74) is 6.32. The zero-order valence-corrected chi connectivity index (χ0v) is 14.9. The number of nitrogens with two attached hydrogens (primary N) is 1. The van der Waals surface area contributed by atoms with Crippen LogP contribution in [0.5, 0.6) is 0 Å². The number of nitrogens with zero attached hydrogens (tertiary/aromatic N) is 1. The van der Waals surface area contributed by atoms with E-state index in [0.29, 0.717) is 5.56 Å². The molecule has 142 valence electrons. The van der Waals surface area contributed by atoms with Crippen molar-refractivity contribution in [2.24, 2.45) is 5.73 Å². The fourth-order valence-corrected chi connectivity index (χ4v) is 4.19. The highest BCUT2D eigenvalue weighted by molar-refractivity contribution is 8.00. The molecule has 9 nitrogen and oxygen atoms in total. The summed E-state index contributed by atoms with van der Waals surface area (Å²) in [6.07, 6.45) is 0. The monoisotopic (exact) mass is 403 g/mol. The second-order valence-corrected chi connectivity index (χ2v) is 6.90. The quantitative estimate of drug-likeness (QED) is 0.541. The van der Waals surface area contributed by atoms with Crippen molar-refractivity contribution >= 4 is 41.1 Å². The summed E-state index contributed by atoms with van der Waals surface area (Å²) in [7, 11) is 0. The average molecular weight is 404 g/mol. The van der Waals surface area contributed by atoms with E-state index in [1.165, 1.54) is 11.8 Å². The number of nitrogens with one attached hydrogen (secondary N) is 1. The molecule has 1 fully saturated rings. The SMILES string of the molecule is NC(C(=O)NC1C(=O)N2C(C(=O)O)=C(Cl)CSC12)c1ccccc1.O.O. The highest BCUT2D eigenvalue weighted by Crippen LogP contribution is 2.41. The summed E-state index contributed by atoms with van der Waals surface area (Å²) < 4.78 is 0. The third-order valence-corrected chi connectivity index (χ3v) is 5.61. The Labute approximate surface area is 157 Å². The Morgan fingerprint density at radius 2 is 1.92 bits per heavy atom. The van der Waals surface area contributed by atoms with Crippen molar-refractivity contribution in [1.82, 2.24) is 10.2 Å². The van der Waals surface area contributed by atoms with Gasteiger partial charge in [0.25, 0.3) is 5.91 Å². The molecule has 2 amide bonds. The summed E-state index contributed by atoms with van der Waals surface area (Å²) in [6, 6.07) is 7.07. The predicted molar refractivity (Wildman–Crippen MR) is 96.1 cm³/mol. The minimum Gasteiger partial charge on any atom is -0.477 e. The van der Waals surface area contributed by atoms with Crippen molar-refractivity contribution < 1.29 is 30.4 Å². The lowest BCUT2D eigenvalue weighted by molar-refractivity contribution is -0.150. The van der Waals surface area contributed by atoms with Gasteiger partial charge in [-0.05, 0) is 5.56 Å². The van der Waals surface area contributed by atoms with Crippen LogP contribution in [0.2, 0.25) is 0 Å². The van der Waals surface area contributed by atoms with Gasteiger partial charge in [0.1, 0.15) is 23.2 Å². The Morgan fingerprint density at radius 1 is 1.31 bits per heavy atom. The number of halogens is 1. The summed E-state index contributed by atoms with van der Waals surface area (Å²) in [6.45, 7) is 0. The van der Waals surface area contributed by atoms with Crippen LogP contribution in [0.25, 0.3) is 0 Å². The number of hydrogen-bond donors (Lipinski definition) is 3. The highest BCUT2D eigenvalue weighted by atomic mass is 35.5. The molecule has 3 rings (SSSR count). The lowest BCUT2D eigenvalue weighted by Gasteiger charge is -2.48. The minimum absolute atomic E-state index is 0. The molecule has 0 aliphatic carbocycles. The first-order valence-corrected chi connectivity index (χ1v) is 8.52. The molecule has 0 aromatic heterocycles. The maximum absolute atomic E-state index is 12.3. The number of carboxylic acids is 1. The third kappa shape index (κ3) is 3.69. The van der Waals surface area contributed by atoms with E-state index in [1.54, 1.807) is 24.3 Å². The van der Waals surface area contributed by atoms with Gasteiger partial charge < -0.3 is 27.1 Å². The van der Waals surface area contributed by atoms with E-state index in [4.69, 9.17) is 17.3 Å². The molecular formula is C15H18ClN3O6S. The van der Waals surface area contributed by atoms with Crippen LogP contribution in [0, 0.1) is 0 Å². The Bertz CT molecular complexity index is 744. The van der Waals surface area contributed by atoms with Gasteiger partial charge in [0.05, 0.1) is 5.03 Å². The van der Waals surface area contributed by atoms with Crippen molar-refractivity contribution in [2.45, 2.75) is 17.5 Å². The summed E-state index contributed by atoms with van der Waals surface area (Å²) >= 11 is 7.20. The van der Waals surface area contributed by atoms with Crippen LogP contribution in [0.3, 0.4) is 0 Å². The maximum atomic E-state index is 12.3. The van der Waals surface area contributed by atoms with E-state index in [-0.39, 0.29) is 27.4 Å². The number of β-lactam (4-membered cyclic amide) rings is 1. The molecule has 0 radical (unpaired) electrons. The van der Waals surface area contributed by atoms with E-state index in [2.05, 4.69) is 5.32 Å². The van der Waals surface area contributed by atoms with Crippen molar-refractivity contribution in [1.29, 1.82) is 0 Å². The van der Waals surface area contributed by atoms with E-state index in [9.17, 15) is 19.5 Å². The van der Waals surface area contributed by atoms with Gasteiger partial charge in [-0.1, -0.05) is 41.9 Å². The van der Waals surface area contributed by atoms with Gasteiger partial charge in [-0.15, -0.1) is 11.8 Å². The normalized spacial score (nSPS) is 22.2. The van der Waals surface area contributed by atoms with Crippen LogP contribution in [0.4, 0.5) is 0 Å². The van der Waals surface area contributed by atoms with Crippen LogP contribution in [-0.4, -0.2) is 55.9 Å². The fraction of sp³-hybridized carbons (Fsp3) is 0.267. The van der Waals surface area contributed by atoms with Crippen molar-refractivity contribution in [3.8, 4) is 0 Å². The van der Waals surface area contributed by atoms with Crippen LogP contribution < -0.4 is 11.1 Å². The lowest BCUT2D eigenvalue weighted by Crippen LogP contribution is -2.70. The van der Waals surface area contributed by atoms with Gasteiger partial charge in [0.2, 0.25) is 5.91 Å². The molecule has 1 saturated heterocycles. The second-order valence-electron chi connectivity index (χ2n) is 5.34. The van der Waals surface area contributed by atoms with Gasteiger partial charge in [0, 0.05) is 5.75 Å². The van der Waals surface area contributed by atoms with Crippen molar-refractivity contribution in [3.63, 3.8) is 0 Å². The molecule has 8 N–H and O–H groups in total. The average Bonchev–Trinajstić information content (AvgIpc) is 2.59. The number of thioether (sulfide) groups is 1. The third-order valence-electron chi connectivity index (χ3n) is 3.86. The molecule has 0 spiro atoms. The smallest absolute Gasteiger partial charge is 0.353 e. The number of rotatable bonds is 4. The first kappa shape index (κ1) is 21.9. The zero-order valence-electron chi connectivity index (χ0n) is 13.3. The van der Waals surface area contributed by atoms with Crippen LogP contribution >= 0.6 is 23.4 Å². The maximum Gasteiger partial charge on any atom is 0.353 e. The number of benzene rings is 1. The standard InChI is InChI=1S/C15H14ClN3O4S.2H2O/c16-8-6-24-14-10(13(21)19(14)11(8)15(22)23)18-12(20)9(17)7-4-2-1-3-5-7;;/h1-5,9-10,14H,6,17H2,(H,18,20)(H,22,23);2*1H2. The van der Waals surface area contributed by atoms with Crippen LogP contribution in [0.1, 0.15) is 11.6 Å². The Hall–Kier alpha value is -2.11. The first-order valence-electron chi connectivity index (χ1n) is 7.09. The van der Waals surface area contributed by atoms with E-state index in [0.717, 1.165) is 4.90 Å². The number of carbonyl (C=O) groups is 3. The molecule has 2 aliphatic rings. The predicted octanol–water partition coefficient (Wildman–Crippen LogP) is -1.03. The summed E-state index contributed by atoms with van der Waals surface area (Å²) in [5, 5.41) is 11.4. The Kier molecular flexibility index (Phi) is 7.18. The molecule has 1 aromatic carbocycles. The number of fused-ring (bicyclic) bond motifs is 1. The number of aliphatic carboxylic acids is 1. The van der Waals surface area contributed by atoms with Gasteiger partial charge >= 0.3 is 5.97 Å². The number of hydrogen-bond acceptors (Lipinski definition) is 5. The molecule has 0 bridgehead atoms. The van der Waals surface area contributed by atoms with E-state index < -0.39 is 35.2 Å². The lowest BCUT2D eigenvalue weighted by atomic mass is 10.0. The van der Waals surface area contributed by atoms with Crippen LogP contribution in [-0.2, 0) is 14.4 Å². The van der Waals surface area contributed by atoms with Crippen molar-refractivity contribution in [3.05, 3.63) is 46.6 Å². The van der Waals surface area contributed by atoms with Crippen molar-refractivity contribution in [2.75, 3.05) is 5.75 Å². The summed E-state index contributed by atoms with van der Waals surface area (Å²) in [4.78, 5) is 36.9. The number of amides is 2. The Morgan fingerprint density at radius 3 is 2.50 bits per heavy atom. The van der Waals surface area contributed by atoms with E-state index in [1.807, 2.05) is 6.07 Å². The van der Waals surface area contributed by atoms with Gasteiger partial charge in [-0.2, -0.15) is 0 Å². The molecule has 0 saturated carbocycles. The molecule has 3 atom stereocenters. The van der Waals surface area contributed by atoms with Gasteiger partial charge in [-0.3, -0.25) is 14.5 Å². The first-order chi connectivity index (χ1) is 11.4. The van der Waals surface area contributed by atoms with Gasteiger partial charge in [-0.25, -0.2) is 4.79 Å². The minimum atomic E-state index is -1.26. The van der Waals surface area contributed by atoms with Crippen LogP contribution in [0.15, 0.2) is 41.1 Å².